The van der Waals surface area contributed by atoms with Crippen LogP contribution in [0.4, 0.5) is 5.82 Å². The molecule has 122 valence electrons. The fourth-order valence-corrected chi connectivity index (χ4v) is 3.82. The maximum atomic E-state index is 4.82. The molecule has 2 aliphatic heterocycles. The summed E-state index contributed by atoms with van der Waals surface area (Å²) >= 11 is 0. The zero-order valence-corrected chi connectivity index (χ0v) is 13.9. The molecule has 0 aliphatic carbocycles. The molecule has 0 unspecified atom stereocenters. The van der Waals surface area contributed by atoms with E-state index in [4.69, 9.17) is 4.98 Å². The van der Waals surface area contributed by atoms with Gasteiger partial charge in [0.2, 0.25) is 0 Å². The van der Waals surface area contributed by atoms with E-state index < -0.39 is 0 Å². The summed E-state index contributed by atoms with van der Waals surface area (Å²) in [6.45, 7) is 8.55. The number of anilines is 1. The predicted octanol–water partition coefficient (Wildman–Crippen LogP) is 1.95. The average molecular weight is 312 g/mol. The van der Waals surface area contributed by atoms with Crippen LogP contribution in [-0.4, -0.2) is 56.9 Å². The largest absolute Gasteiger partial charge is 0.352 e. The van der Waals surface area contributed by atoms with Crippen LogP contribution in [0.15, 0.2) is 18.5 Å². The van der Waals surface area contributed by atoms with Crippen molar-refractivity contribution in [2.45, 2.75) is 39.2 Å². The van der Waals surface area contributed by atoms with Crippen molar-refractivity contribution in [3.63, 3.8) is 0 Å². The molecule has 0 radical (unpaired) electrons. The lowest BCUT2D eigenvalue weighted by atomic mass is 9.99. The Morgan fingerprint density at radius 3 is 2.74 bits per heavy atom. The molecule has 2 saturated heterocycles. The predicted molar refractivity (Wildman–Crippen MR) is 90.1 cm³/mol. The lowest BCUT2D eigenvalue weighted by molar-refractivity contribution is 0.133. The Labute approximate surface area is 137 Å². The zero-order valence-electron chi connectivity index (χ0n) is 13.9. The summed E-state index contributed by atoms with van der Waals surface area (Å²) in [5.41, 5.74) is 2.09. The Morgan fingerprint density at radius 1 is 1.04 bits per heavy atom. The second kappa shape index (κ2) is 5.92. The van der Waals surface area contributed by atoms with Gasteiger partial charge in [0.1, 0.15) is 5.82 Å². The summed E-state index contributed by atoms with van der Waals surface area (Å²) in [5.74, 6) is 1.78. The van der Waals surface area contributed by atoms with Crippen LogP contribution in [0.2, 0.25) is 0 Å². The van der Waals surface area contributed by atoms with Crippen LogP contribution in [0.25, 0.3) is 5.82 Å². The molecule has 2 aliphatic rings. The van der Waals surface area contributed by atoms with Gasteiger partial charge in [-0.2, -0.15) is 5.10 Å². The van der Waals surface area contributed by atoms with Crippen LogP contribution in [0, 0.1) is 13.8 Å². The summed E-state index contributed by atoms with van der Waals surface area (Å²) in [4.78, 5) is 14.3. The summed E-state index contributed by atoms with van der Waals surface area (Å²) in [6, 6.07) is 2.74. The van der Waals surface area contributed by atoms with Gasteiger partial charge in [-0.15, -0.1) is 0 Å². The highest BCUT2D eigenvalue weighted by atomic mass is 15.4. The van der Waals surface area contributed by atoms with Gasteiger partial charge < -0.3 is 4.90 Å². The first-order chi connectivity index (χ1) is 11.2. The Bertz CT molecular complexity index is 694. The highest BCUT2D eigenvalue weighted by Crippen LogP contribution is 2.24. The topological polar surface area (TPSA) is 50.1 Å². The van der Waals surface area contributed by atoms with Crippen molar-refractivity contribution < 1.29 is 0 Å². The Kier molecular flexibility index (Phi) is 3.77. The first-order valence-electron chi connectivity index (χ1n) is 8.55. The lowest BCUT2D eigenvalue weighted by Crippen LogP contribution is -2.55. The van der Waals surface area contributed by atoms with Crippen LogP contribution in [-0.2, 0) is 0 Å². The smallest absolute Gasteiger partial charge is 0.174 e. The molecule has 1 atom stereocenters. The van der Waals surface area contributed by atoms with Crippen molar-refractivity contribution in [1.29, 1.82) is 0 Å². The van der Waals surface area contributed by atoms with Gasteiger partial charge in [0.25, 0.3) is 0 Å². The minimum Gasteiger partial charge on any atom is -0.352 e. The minimum atomic E-state index is 0.677. The van der Waals surface area contributed by atoms with Gasteiger partial charge in [-0.05, 0) is 39.3 Å². The number of rotatable bonds is 2. The van der Waals surface area contributed by atoms with Crippen LogP contribution < -0.4 is 4.90 Å². The van der Waals surface area contributed by atoms with Crippen molar-refractivity contribution in [1.82, 2.24) is 24.6 Å². The monoisotopic (exact) mass is 312 g/mol. The first kappa shape index (κ1) is 14.6. The third kappa shape index (κ3) is 2.83. The number of hydrogen-bond donors (Lipinski definition) is 0. The Morgan fingerprint density at radius 2 is 1.91 bits per heavy atom. The van der Waals surface area contributed by atoms with Crippen molar-refractivity contribution in [2.75, 3.05) is 31.1 Å². The summed E-state index contributed by atoms with van der Waals surface area (Å²) < 4.78 is 1.88. The van der Waals surface area contributed by atoms with E-state index in [0.717, 1.165) is 42.7 Å². The van der Waals surface area contributed by atoms with Crippen molar-refractivity contribution in [3.05, 3.63) is 29.8 Å². The van der Waals surface area contributed by atoms with Crippen molar-refractivity contribution in [3.8, 4) is 5.82 Å². The third-order valence-corrected chi connectivity index (χ3v) is 5.00. The van der Waals surface area contributed by atoms with E-state index in [9.17, 15) is 0 Å². The number of aryl methyl sites for hydroxylation is 2. The number of piperidine rings is 1. The molecule has 0 N–H and O–H groups in total. The van der Waals surface area contributed by atoms with Crippen LogP contribution >= 0.6 is 0 Å². The van der Waals surface area contributed by atoms with Crippen LogP contribution in [0.1, 0.15) is 30.7 Å². The van der Waals surface area contributed by atoms with Gasteiger partial charge >= 0.3 is 0 Å². The van der Waals surface area contributed by atoms with E-state index >= 15 is 0 Å². The molecule has 4 rings (SSSR count). The van der Waals surface area contributed by atoms with E-state index in [1.165, 1.54) is 25.8 Å². The third-order valence-electron chi connectivity index (χ3n) is 5.00. The average Bonchev–Trinajstić information content (AvgIpc) is 2.93. The summed E-state index contributed by atoms with van der Waals surface area (Å²) in [7, 11) is 0. The van der Waals surface area contributed by atoms with Gasteiger partial charge in [-0.3, -0.25) is 9.88 Å². The van der Waals surface area contributed by atoms with Crippen molar-refractivity contribution in [2.24, 2.45) is 0 Å². The molecule has 6 heteroatoms. The second-order valence-corrected chi connectivity index (χ2v) is 6.71. The van der Waals surface area contributed by atoms with Gasteiger partial charge in [0.05, 0.1) is 18.1 Å². The number of hydrogen-bond acceptors (Lipinski definition) is 5. The van der Waals surface area contributed by atoms with E-state index in [0.29, 0.717) is 6.04 Å². The fourth-order valence-electron chi connectivity index (χ4n) is 3.82. The molecule has 0 amide bonds. The highest BCUT2D eigenvalue weighted by molar-refractivity contribution is 5.41. The normalized spacial score (nSPS) is 22.2. The maximum absolute atomic E-state index is 4.82. The van der Waals surface area contributed by atoms with E-state index in [-0.39, 0.29) is 0 Å². The molecular formula is C17H24N6. The fraction of sp³-hybridized carbons (Fsp3) is 0.588. The first-order valence-corrected chi connectivity index (χ1v) is 8.55. The van der Waals surface area contributed by atoms with E-state index in [1.807, 2.05) is 17.8 Å². The molecule has 2 aromatic heterocycles. The molecule has 0 aromatic carbocycles. The molecule has 6 nitrogen and oxygen atoms in total. The molecule has 23 heavy (non-hydrogen) atoms. The second-order valence-electron chi connectivity index (χ2n) is 6.71. The standard InChI is InChI=1S/C17H24N6/c1-13-9-14(2)23(20-13)17-11-18-10-16(19-17)22-8-7-21-6-4-3-5-15(21)12-22/h9-11,15H,3-8,12H2,1-2H3/t15-/m1/s1. The van der Waals surface area contributed by atoms with Gasteiger partial charge in [0, 0.05) is 31.4 Å². The Hall–Kier alpha value is -1.95. The highest BCUT2D eigenvalue weighted by Gasteiger charge is 2.29. The Balaban J connectivity index is 1.58. The lowest BCUT2D eigenvalue weighted by Gasteiger charge is -2.44. The summed E-state index contributed by atoms with van der Waals surface area (Å²) in [6.07, 6.45) is 7.69. The maximum Gasteiger partial charge on any atom is 0.174 e. The van der Waals surface area contributed by atoms with Crippen molar-refractivity contribution >= 4 is 5.82 Å². The number of piperazine rings is 1. The van der Waals surface area contributed by atoms with Crippen LogP contribution in [0.3, 0.4) is 0 Å². The molecule has 0 bridgehead atoms. The van der Waals surface area contributed by atoms with Gasteiger partial charge in [-0.25, -0.2) is 9.67 Å². The molecular weight excluding hydrogens is 288 g/mol. The molecule has 4 heterocycles. The van der Waals surface area contributed by atoms with E-state index in [2.05, 4.69) is 32.9 Å². The molecule has 0 saturated carbocycles. The number of nitrogens with zero attached hydrogens (tertiary/aromatic N) is 6. The number of aromatic nitrogens is 4. The quantitative estimate of drug-likeness (QED) is 0.848. The molecule has 2 fully saturated rings. The zero-order chi connectivity index (χ0) is 15.8. The minimum absolute atomic E-state index is 0.677. The molecule has 0 spiro atoms. The SMILES string of the molecule is Cc1cc(C)n(-c2cncc(N3CCN4CCCC[C@@H]4C3)n2)n1. The van der Waals surface area contributed by atoms with E-state index in [1.54, 1.807) is 6.20 Å². The van der Waals surface area contributed by atoms with Gasteiger partial charge in [0.15, 0.2) is 5.82 Å². The van der Waals surface area contributed by atoms with Crippen LogP contribution in [0.5, 0.6) is 0 Å². The number of fused-ring (bicyclic) bond motifs is 1. The van der Waals surface area contributed by atoms with Gasteiger partial charge in [-0.1, -0.05) is 6.42 Å². The summed E-state index contributed by atoms with van der Waals surface area (Å²) in [5, 5.41) is 4.52. The molecule has 2 aromatic rings.